The van der Waals surface area contributed by atoms with Gasteiger partial charge in [-0.25, -0.2) is 9.78 Å². The molecule has 0 aliphatic heterocycles. The zero-order valence-corrected chi connectivity index (χ0v) is 13.9. The van der Waals surface area contributed by atoms with E-state index in [9.17, 15) is 4.79 Å². The summed E-state index contributed by atoms with van der Waals surface area (Å²) in [4.78, 5) is 18.6. The minimum atomic E-state index is -0.0377. The molecule has 1 aromatic heterocycles. The van der Waals surface area contributed by atoms with Gasteiger partial charge in [-0.3, -0.25) is 0 Å². The van der Waals surface area contributed by atoms with E-state index < -0.39 is 0 Å². The summed E-state index contributed by atoms with van der Waals surface area (Å²) in [6, 6.07) is 10.0. The lowest BCUT2D eigenvalue weighted by Crippen LogP contribution is -2.43. The molecule has 1 N–H and O–H groups in total. The van der Waals surface area contributed by atoms with Crippen LogP contribution in [0.4, 0.5) is 4.79 Å². The quantitative estimate of drug-likeness (QED) is 0.922. The van der Waals surface area contributed by atoms with Crippen LogP contribution in [0.3, 0.4) is 0 Å². The van der Waals surface area contributed by atoms with E-state index in [4.69, 9.17) is 4.74 Å². The first kappa shape index (κ1) is 15.6. The fourth-order valence-electron chi connectivity index (χ4n) is 2.85. The molecule has 0 unspecified atom stereocenters. The Labute approximate surface area is 136 Å². The number of hydrogen-bond donors (Lipinski definition) is 1. The van der Waals surface area contributed by atoms with E-state index in [1.54, 1.807) is 12.0 Å². The Morgan fingerprint density at radius 2 is 2.17 bits per heavy atom. The van der Waals surface area contributed by atoms with Gasteiger partial charge in [-0.1, -0.05) is 18.2 Å². The SMILES string of the molecule is COc1cc(CNC(=O)N(C)[C@H](C)C2CC2)c2ccccc2n1. The summed E-state index contributed by atoms with van der Waals surface area (Å²) in [5, 5.41) is 4.04. The van der Waals surface area contributed by atoms with Crippen molar-refractivity contribution in [3.8, 4) is 5.88 Å². The molecular formula is C18H23N3O2. The molecule has 0 spiro atoms. The van der Waals surface area contributed by atoms with Gasteiger partial charge in [0.2, 0.25) is 5.88 Å². The third kappa shape index (κ3) is 3.38. The number of aromatic nitrogens is 1. The largest absolute Gasteiger partial charge is 0.481 e. The molecule has 0 radical (unpaired) electrons. The van der Waals surface area contributed by atoms with Crippen molar-refractivity contribution in [3.63, 3.8) is 0 Å². The van der Waals surface area contributed by atoms with E-state index in [1.807, 2.05) is 37.4 Å². The topological polar surface area (TPSA) is 54.5 Å². The molecule has 1 aliphatic carbocycles. The van der Waals surface area contributed by atoms with E-state index >= 15 is 0 Å². The van der Waals surface area contributed by atoms with Crippen LogP contribution < -0.4 is 10.1 Å². The molecule has 5 nitrogen and oxygen atoms in total. The monoisotopic (exact) mass is 313 g/mol. The first-order valence-corrected chi connectivity index (χ1v) is 8.03. The molecule has 3 rings (SSSR count). The predicted molar refractivity (Wildman–Crippen MR) is 90.5 cm³/mol. The maximum atomic E-state index is 12.3. The number of nitrogens with one attached hydrogen (secondary N) is 1. The molecule has 0 bridgehead atoms. The van der Waals surface area contributed by atoms with Crippen molar-refractivity contribution < 1.29 is 9.53 Å². The molecule has 1 atom stereocenters. The molecule has 0 saturated heterocycles. The van der Waals surface area contributed by atoms with Gasteiger partial charge in [-0.15, -0.1) is 0 Å². The molecule has 1 aromatic carbocycles. The number of urea groups is 1. The number of carbonyl (C=O) groups is 1. The van der Waals surface area contributed by atoms with Crippen molar-refractivity contribution in [2.24, 2.45) is 5.92 Å². The lowest BCUT2D eigenvalue weighted by molar-refractivity contribution is 0.187. The summed E-state index contributed by atoms with van der Waals surface area (Å²) < 4.78 is 5.26. The number of methoxy groups -OCH3 is 1. The third-order valence-corrected chi connectivity index (χ3v) is 4.65. The van der Waals surface area contributed by atoms with Crippen LogP contribution in [0.5, 0.6) is 5.88 Å². The number of para-hydroxylation sites is 1. The highest BCUT2D eigenvalue weighted by atomic mass is 16.5. The second kappa shape index (κ2) is 6.44. The molecule has 23 heavy (non-hydrogen) atoms. The first-order valence-electron chi connectivity index (χ1n) is 8.03. The van der Waals surface area contributed by atoms with Gasteiger partial charge < -0.3 is 15.0 Å². The Bertz CT molecular complexity index is 712. The smallest absolute Gasteiger partial charge is 0.317 e. The van der Waals surface area contributed by atoms with E-state index in [0.29, 0.717) is 24.4 Å². The number of carbonyl (C=O) groups excluding carboxylic acids is 1. The van der Waals surface area contributed by atoms with Gasteiger partial charge in [-0.2, -0.15) is 0 Å². The summed E-state index contributed by atoms with van der Waals surface area (Å²) in [7, 11) is 3.47. The number of nitrogens with zero attached hydrogens (tertiary/aromatic N) is 2. The lowest BCUT2D eigenvalue weighted by atomic mass is 10.1. The molecule has 1 fully saturated rings. The normalized spacial score (nSPS) is 15.3. The fourth-order valence-corrected chi connectivity index (χ4v) is 2.85. The van der Waals surface area contributed by atoms with Crippen LogP contribution in [0.25, 0.3) is 10.9 Å². The van der Waals surface area contributed by atoms with E-state index in [2.05, 4.69) is 17.2 Å². The van der Waals surface area contributed by atoms with E-state index in [-0.39, 0.29) is 6.03 Å². The summed E-state index contributed by atoms with van der Waals surface area (Å²) in [5.74, 6) is 1.22. The zero-order chi connectivity index (χ0) is 16.4. The minimum Gasteiger partial charge on any atom is -0.481 e. The highest BCUT2D eigenvalue weighted by molar-refractivity contribution is 5.83. The molecule has 1 aliphatic rings. The number of ether oxygens (including phenoxy) is 1. The highest BCUT2D eigenvalue weighted by Crippen LogP contribution is 2.34. The summed E-state index contributed by atoms with van der Waals surface area (Å²) in [5.41, 5.74) is 1.88. The number of benzene rings is 1. The van der Waals surface area contributed by atoms with E-state index in [0.717, 1.165) is 16.5 Å². The molecular weight excluding hydrogens is 290 g/mol. The molecule has 2 aromatic rings. The van der Waals surface area contributed by atoms with Crippen molar-refractivity contribution in [1.82, 2.24) is 15.2 Å². The van der Waals surface area contributed by atoms with Crippen LogP contribution in [0.1, 0.15) is 25.3 Å². The van der Waals surface area contributed by atoms with Crippen molar-refractivity contribution in [2.75, 3.05) is 14.2 Å². The van der Waals surface area contributed by atoms with Gasteiger partial charge in [0, 0.05) is 31.1 Å². The Hall–Kier alpha value is -2.30. The van der Waals surface area contributed by atoms with Crippen molar-refractivity contribution in [2.45, 2.75) is 32.4 Å². The fraction of sp³-hybridized carbons (Fsp3) is 0.444. The van der Waals surface area contributed by atoms with Gasteiger partial charge >= 0.3 is 6.03 Å². The van der Waals surface area contributed by atoms with Crippen molar-refractivity contribution in [1.29, 1.82) is 0 Å². The second-order valence-corrected chi connectivity index (χ2v) is 6.19. The van der Waals surface area contributed by atoms with Crippen LogP contribution in [0.2, 0.25) is 0 Å². The Kier molecular flexibility index (Phi) is 4.37. The Balaban J connectivity index is 1.74. The van der Waals surface area contributed by atoms with Crippen LogP contribution in [0, 0.1) is 5.92 Å². The molecule has 1 saturated carbocycles. The van der Waals surface area contributed by atoms with E-state index in [1.165, 1.54) is 12.8 Å². The maximum Gasteiger partial charge on any atom is 0.317 e. The van der Waals surface area contributed by atoms with Gasteiger partial charge in [-0.05, 0) is 37.3 Å². The van der Waals surface area contributed by atoms with Crippen LogP contribution in [-0.2, 0) is 6.54 Å². The van der Waals surface area contributed by atoms with Gasteiger partial charge in [0.25, 0.3) is 0 Å². The average molecular weight is 313 g/mol. The summed E-state index contributed by atoms with van der Waals surface area (Å²) >= 11 is 0. The van der Waals surface area contributed by atoms with Gasteiger partial charge in [0.15, 0.2) is 0 Å². The van der Waals surface area contributed by atoms with Crippen molar-refractivity contribution >= 4 is 16.9 Å². The first-order chi connectivity index (χ1) is 11.1. The predicted octanol–water partition coefficient (Wildman–Crippen LogP) is 3.18. The zero-order valence-electron chi connectivity index (χ0n) is 13.9. The van der Waals surface area contributed by atoms with Crippen molar-refractivity contribution in [3.05, 3.63) is 35.9 Å². The summed E-state index contributed by atoms with van der Waals surface area (Å²) in [6.07, 6.45) is 2.45. The average Bonchev–Trinajstić information content (AvgIpc) is 3.42. The van der Waals surface area contributed by atoms with Crippen LogP contribution in [0.15, 0.2) is 30.3 Å². The van der Waals surface area contributed by atoms with Gasteiger partial charge in [0.1, 0.15) is 0 Å². The molecule has 5 heteroatoms. The standard InChI is InChI=1S/C18H23N3O2/c1-12(13-8-9-13)21(2)18(22)19-11-14-10-17(23-3)20-16-7-5-4-6-15(14)16/h4-7,10,12-13H,8-9,11H2,1-3H3,(H,19,22)/t12-/m1/s1. The number of amides is 2. The second-order valence-electron chi connectivity index (χ2n) is 6.19. The summed E-state index contributed by atoms with van der Waals surface area (Å²) in [6.45, 7) is 2.57. The maximum absolute atomic E-state index is 12.3. The highest BCUT2D eigenvalue weighted by Gasteiger charge is 2.32. The number of rotatable bonds is 5. The Morgan fingerprint density at radius 3 is 2.87 bits per heavy atom. The molecule has 1 heterocycles. The number of hydrogen-bond acceptors (Lipinski definition) is 3. The molecule has 122 valence electrons. The van der Waals surface area contributed by atoms with Crippen LogP contribution in [-0.4, -0.2) is 36.1 Å². The lowest BCUT2D eigenvalue weighted by Gasteiger charge is -2.25. The molecule has 2 amide bonds. The number of pyridine rings is 1. The number of fused-ring (bicyclic) bond motifs is 1. The Morgan fingerprint density at radius 1 is 1.43 bits per heavy atom. The van der Waals surface area contributed by atoms with Gasteiger partial charge in [0.05, 0.1) is 12.6 Å². The minimum absolute atomic E-state index is 0.0377. The third-order valence-electron chi connectivity index (χ3n) is 4.65. The van der Waals surface area contributed by atoms with Crippen LogP contribution >= 0.6 is 0 Å².